The molecular formula is C10H14F6O4Si. The van der Waals surface area contributed by atoms with Crippen molar-refractivity contribution in [2.24, 2.45) is 0 Å². The molecule has 0 aromatic carbocycles. The first-order valence-electron chi connectivity index (χ1n) is 5.69. The highest BCUT2D eigenvalue weighted by Gasteiger charge is 2.64. The first-order valence-corrected chi connectivity index (χ1v) is 7.79. The van der Waals surface area contributed by atoms with Crippen LogP contribution in [-0.2, 0) is 18.4 Å². The summed E-state index contributed by atoms with van der Waals surface area (Å²) in [5.41, 5.74) is -3.03. The summed E-state index contributed by atoms with van der Waals surface area (Å²) in [6, 6.07) is -0.367. The molecule has 0 aliphatic heterocycles. The number of rotatable bonds is 7. The first-order chi connectivity index (χ1) is 9.37. The third kappa shape index (κ3) is 4.51. The predicted octanol–water partition coefficient (Wildman–Crippen LogP) is 2.76. The van der Waals surface area contributed by atoms with Gasteiger partial charge in [-0.1, -0.05) is 13.3 Å². The molecule has 0 bridgehead atoms. The molecule has 0 aromatic heterocycles. The number of hydrogen-bond acceptors (Lipinski definition) is 4. The molecule has 0 heterocycles. The minimum Gasteiger partial charge on any atom is -0.397 e. The van der Waals surface area contributed by atoms with Crippen LogP contribution in [0.2, 0.25) is 11.6 Å². The lowest BCUT2D eigenvalue weighted by Crippen LogP contribution is -2.56. The molecular weight excluding hydrogens is 326 g/mol. The van der Waals surface area contributed by atoms with Crippen LogP contribution >= 0.6 is 0 Å². The zero-order chi connectivity index (χ0) is 17.1. The van der Waals surface area contributed by atoms with Crippen molar-refractivity contribution in [3.63, 3.8) is 0 Å². The van der Waals surface area contributed by atoms with Crippen LogP contribution in [0.3, 0.4) is 0 Å². The molecule has 11 heteroatoms. The van der Waals surface area contributed by atoms with E-state index in [9.17, 15) is 35.9 Å². The molecule has 0 amide bonds. The summed E-state index contributed by atoms with van der Waals surface area (Å²) < 4.78 is 84.6. The van der Waals surface area contributed by atoms with Gasteiger partial charge in [0.25, 0.3) is 0 Å². The van der Waals surface area contributed by atoms with Gasteiger partial charge >= 0.3 is 20.9 Å². The molecule has 0 atom stereocenters. The number of ketones is 2. The van der Waals surface area contributed by atoms with E-state index >= 15 is 0 Å². The Morgan fingerprint density at radius 1 is 0.952 bits per heavy atom. The van der Waals surface area contributed by atoms with Gasteiger partial charge in [0.05, 0.1) is 0 Å². The van der Waals surface area contributed by atoms with E-state index in [4.69, 9.17) is 8.85 Å². The Balaban J connectivity index is 6.03. The molecule has 0 spiro atoms. The monoisotopic (exact) mass is 340 g/mol. The molecule has 4 nitrogen and oxygen atoms in total. The molecule has 0 aromatic rings. The molecule has 0 unspecified atom stereocenters. The summed E-state index contributed by atoms with van der Waals surface area (Å²) in [5, 5.41) is 0. The number of carbonyl (C=O) groups excluding carboxylic acids is 2. The molecule has 21 heavy (non-hydrogen) atoms. The van der Waals surface area contributed by atoms with Crippen LogP contribution in [0.1, 0.15) is 13.3 Å². The molecule has 0 aliphatic carbocycles. The van der Waals surface area contributed by atoms with Gasteiger partial charge in [-0.25, -0.2) is 0 Å². The zero-order valence-electron chi connectivity index (χ0n) is 11.4. The molecule has 0 fully saturated rings. The lowest BCUT2D eigenvalue weighted by molar-refractivity contribution is -0.183. The van der Waals surface area contributed by atoms with Crippen molar-refractivity contribution < 1.29 is 44.8 Å². The van der Waals surface area contributed by atoms with Crippen LogP contribution < -0.4 is 0 Å². The third-order valence-electron chi connectivity index (χ3n) is 2.81. The SMILES string of the molecule is CCC[Si](OC)(OC)C(C(=O)C(F)(F)F)C(=O)C(F)(F)F. The number of hydrogen-bond donors (Lipinski definition) is 0. The Bertz CT molecular complexity index is 362. The predicted molar refractivity (Wildman–Crippen MR) is 60.7 cm³/mol. The van der Waals surface area contributed by atoms with Gasteiger partial charge in [0, 0.05) is 14.2 Å². The van der Waals surface area contributed by atoms with Gasteiger partial charge in [-0.3, -0.25) is 9.59 Å². The molecule has 0 aliphatic rings. The quantitative estimate of drug-likeness (QED) is 0.406. The van der Waals surface area contributed by atoms with E-state index in [-0.39, 0.29) is 12.5 Å². The van der Waals surface area contributed by atoms with Gasteiger partial charge < -0.3 is 8.85 Å². The van der Waals surface area contributed by atoms with E-state index in [1.165, 1.54) is 6.92 Å². The highest BCUT2D eigenvalue weighted by molar-refractivity contribution is 6.77. The maximum atomic E-state index is 12.5. The van der Waals surface area contributed by atoms with Gasteiger partial charge in [0.1, 0.15) is 5.54 Å². The van der Waals surface area contributed by atoms with Crippen molar-refractivity contribution in [2.45, 2.75) is 37.3 Å². The standard InChI is InChI=1S/C10H14F6O4Si/c1-4-5-21(19-2,20-3)6(7(17)9(11,12)13)8(18)10(14,15)16/h6H,4-5H2,1-3H3. The Morgan fingerprint density at radius 3 is 1.48 bits per heavy atom. The normalized spacial score (nSPS) is 13.6. The number of carbonyl (C=O) groups is 2. The van der Waals surface area contributed by atoms with Gasteiger partial charge in [0.2, 0.25) is 11.6 Å². The smallest absolute Gasteiger partial charge is 0.397 e. The van der Waals surface area contributed by atoms with Gasteiger partial charge in [-0.05, 0) is 6.04 Å². The minimum atomic E-state index is -5.60. The zero-order valence-corrected chi connectivity index (χ0v) is 12.4. The topological polar surface area (TPSA) is 52.6 Å². The average Bonchev–Trinajstić information content (AvgIpc) is 2.35. The summed E-state index contributed by atoms with van der Waals surface area (Å²) in [6.45, 7) is 1.45. The lowest BCUT2D eigenvalue weighted by Gasteiger charge is -2.33. The Hall–Kier alpha value is -0.943. The van der Waals surface area contributed by atoms with Crippen LogP contribution in [-0.4, -0.2) is 46.7 Å². The fourth-order valence-electron chi connectivity index (χ4n) is 1.86. The van der Waals surface area contributed by atoms with Crippen LogP contribution in [0.5, 0.6) is 0 Å². The maximum Gasteiger partial charge on any atom is 0.450 e. The van der Waals surface area contributed by atoms with Crippen LogP contribution in [0, 0.1) is 0 Å². The van der Waals surface area contributed by atoms with E-state index < -0.39 is 38.0 Å². The Morgan fingerprint density at radius 2 is 1.29 bits per heavy atom. The summed E-state index contributed by atoms with van der Waals surface area (Å²) in [5.74, 6) is -5.60. The van der Waals surface area contributed by atoms with Crippen LogP contribution in [0.25, 0.3) is 0 Å². The van der Waals surface area contributed by atoms with E-state index in [2.05, 4.69) is 0 Å². The van der Waals surface area contributed by atoms with Crippen LogP contribution in [0.15, 0.2) is 0 Å². The number of Topliss-reactive ketones (excluding diaryl/α,β-unsaturated/α-hetero) is 2. The van der Waals surface area contributed by atoms with Crippen LogP contribution in [0.4, 0.5) is 26.3 Å². The van der Waals surface area contributed by atoms with Crippen molar-refractivity contribution in [1.82, 2.24) is 0 Å². The lowest BCUT2D eigenvalue weighted by atomic mass is 10.2. The summed E-state index contributed by atoms with van der Waals surface area (Å²) in [4.78, 5) is 22.6. The second-order valence-electron chi connectivity index (χ2n) is 4.13. The van der Waals surface area contributed by atoms with Crippen molar-refractivity contribution in [1.29, 1.82) is 0 Å². The molecule has 0 rings (SSSR count). The fourth-order valence-corrected chi connectivity index (χ4v) is 5.02. The highest BCUT2D eigenvalue weighted by Crippen LogP contribution is 2.40. The largest absolute Gasteiger partial charge is 0.450 e. The van der Waals surface area contributed by atoms with Gasteiger partial charge in [0.15, 0.2) is 0 Å². The van der Waals surface area contributed by atoms with E-state index in [0.29, 0.717) is 0 Å². The van der Waals surface area contributed by atoms with Crippen molar-refractivity contribution in [2.75, 3.05) is 14.2 Å². The van der Waals surface area contributed by atoms with Crippen molar-refractivity contribution in [3.05, 3.63) is 0 Å². The molecule has 0 N–H and O–H groups in total. The minimum absolute atomic E-state index is 0.0840. The first kappa shape index (κ1) is 20.1. The van der Waals surface area contributed by atoms with Gasteiger partial charge in [-0.2, -0.15) is 26.3 Å². The van der Waals surface area contributed by atoms with Gasteiger partial charge in [-0.15, -0.1) is 0 Å². The Kier molecular flexibility index (Phi) is 6.57. The summed E-state index contributed by atoms with van der Waals surface area (Å²) in [6.07, 6.45) is -11.1. The number of alkyl halides is 6. The second kappa shape index (κ2) is 6.88. The molecule has 0 radical (unpaired) electrons. The molecule has 0 saturated heterocycles. The summed E-state index contributed by atoms with van der Waals surface area (Å²) >= 11 is 0. The molecule has 124 valence electrons. The average molecular weight is 340 g/mol. The van der Waals surface area contributed by atoms with E-state index in [1.807, 2.05) is 0 Å². The van der Waals surface area contributed by atoms with Crippen molar-refractivity contribution in [3.8, 4) is 0 Å². The highest BCUT2D eigenvalue weighted by atomic mass is 28.4. The maximum absolute atomic E-state index is 12.5. The Labute approximate surface area is 117 Å². The second-order valence-corrected chi connectivity index (χ2v) is 7.64. The van der Waals surface area contributed by atoms with Crippen molar-refractivity contribution >= 4 is 20.1 Å². The molecule has 0 saturated carbocycles. The fraction of sp³-hybridized carbons (Fsp3) is 0.800. The third-order valence-corrected chi connectivity index (χ3v) is 6.80. The van der Waals surface area contributed by atoms with E-state index in [1.54, 1.807) is 0 Å². The number of halogens is 6. The van der Waals surface area contributed by atoms with E-state index in [0.717, 1.165) is 14.2 Å². The summed E-state index contributed by atoms with van der Waals surface area (Å²) in [7, 11) is -2.71.